The maximum atomic E-state index is 5.54. The Hall–Kier alpha value is -1.44. The summed E-state index contributed by atoms with van der Waals surface area (Å²) in [6, 6.07) is 10.1. The first kappa shape index (κ1) is 16.9. The first-order chi connectivity index (χ1) is 10.6. The summed E-state index contributed by atoms with van der Waals surface area (Å²) in [6.07, 6.45) is 2.47. The van der Waals surface area contributed by atoms with Gasteiger partial charge in [-0.2, -0.15) is 0 Å². The molecule has 0 saturated carbocycles. The van der Waals surface area contributed by atoms with Crippen LogP contribution in [0, 0.1) is 0 Å². The molecule has 1 aliphatic heterocycles. The van der Waals surface area contributed by atoms with E-state index in [4.69, 9.17) is 29.2 Å². The molecule has 0 bridgehead atoms. The first-order valence-electron chi connectivity index (χ1n) is 7.36. The van der Waals surface area contributed by atoms with Crippen LogP contribution in [0.15, 0.2) is 30.3 Å². The molecule has 0 aromatic heterocycles. The van der Waals surface area contributed by atoms with E-state index >= 15 is 0 Å². The van der Waals surface area contributed by atoms with Gasteiger partial charge in [0.25, 0.3) is 0 Å². The zero-order chi connectivity index (χ0) is 15.8. The molecule has 0 spiro atoms. The van der Waals surface area contributed by atoms with Gasteiger partial charge in [0, 0.05) is 26.7 Å². The third kappa shape index (κ3) is 5.75. The molecule has 1 heterocycles. The van der Waals surface area contributed by atoms with Gasteiger partial charge in [-0.1, -0.05) is 30.3 Å². The summed E-state index contributed by atoms with van der Waals surface area (Å²) in [6.45, 7) is 2.26. The minimum Gasteiger partial charge on any atom is -0.376 e. The van der Waals surface area contributed by atoms with Crippen molar-refractivity contribution < 1.29 is 4.74 Å². The third-order valence-corrected chi connectivity index (χ3v) is 4.03. The zero-order valence-electron chi connectivity index (χ0n) is 12.7. The number of rotatable bonds is 4. The molecule has 1 fully saturated rings. The van der Waals surface area contributed by atoms with Crippen molar-refractivity contribution in [3.63, 3.8) is 0 Å². The Kier molecular flexibility index (Phi) is 6.82. The topological polar surface area (TPSA) is 48.6 Å². The van der Waals surface area contributed by atoms with Crippen LogP contribution in [0.3, 0.4) is 0 Å². The molecule has 1 aromatic carbocycles. The van der Waals surface area contributed by atoms with Crippen molar-refractivity contribution in [2.45, 2.75) is 25.5 Å². The van der Waals surface area contributed by atoms with Gasteiger partial charge in [0.15, 0.2) is 10.2 Å². The van der Waals surface area contributed by atoms with Gasteiger partial charge >= 0.3 is 0 Å². The summed E-state index contributed by atoms with van der Waals surface area (Å²) in [5, 5.41) is 9.16. The van der Waals surface area contributed by atoms with Crippen molar-refractivity contribution in [3.8, 4) is 0 Å². The van der Waals surface area contributed by atoms with Crippen LogP contribution in [0.1, 0.15) is 18.4 Å². The zero-order valence-corrected chi connectivity index (χ0v) is 14.3. The van der Waals surface area contributed by atoms with Crippen molar-refractivity contribution in [1.82, 2.24) is 21.1 Å². The van der Waals surface area contributed by atoms with Crippen LogP contribution in [0.25, 0.3) is 0 Å². The summed E-state index contributed by atoms with van der Waals surface area (Å²) >= 11 is 10.6. The third-order valence-electron chi connectivity index (χ3n) is 3.37. The number of nitrogens with zero attached hydrogens (tertiary/aromatic N) is 1. The summed E-state index contributed by atoms with van der Waals surface area (Å²) in [5.74, 6) is 0. The fourth-order valence-electron chi connectivity index (χ4n) is 2.15. The fraction of sp³-hybridized carbons (Fsp3) is 0.467. The average Bonchev–Trinajstić information content (AvgIpc) is 3.05. The lowest BCUT2D eigenvalue weighted by atomic mass is 10.2. The lowest BCUT2D eigenvalue weighted by Crippen LogP contribution is -2.51. The van der Waals surface area contributed by atoms with Crippen LogP contribution in [-0.2, 0) is 11.3 Å². The fourth-order valence-corrected chi connectivity index (χ4v) is 2.48. The van der Waals surface area contributed by atoms with Gasteiger partial charge in [0.2, 0.25) is 0 Å². The largest absolute Gasteiger partial charge is 0.376 e. The summed E-state index contributed by atoms with van der Waals surface area (Å²) in [5.41, 5.74) is 4.21. The second kappa shape index (κ2) is 8.87. The monoisotopic (exact) mass is 338 g/mol. The van der Waals surface area contributed by atoms with Gasteiger partial charge in [0.05, 0.1) is 6.10 Å². The standard InChI is InChI=1S/C15H22N4OS2/c1-19(15(22)17-10-12-6-3-2-4-7-12)18-14(21)16-11-13-8-5-9-20-13/h2-4,6-7,13H,5,8-11H2,1H3,(H,17,22)(H2,16,18,21)/t13-/m0/s1. The Labute approximate surface area is 142 Å². The van der Waals surface area contributed by atoms with Crippen molar-refractivity contribution >= 4 is 34.7 Å². The van der Waals surface area contributed by atoms with Crippen LogP contribution in [-0.4, -0.2) is 41.5 Å². The molecule has 7 heteroatoms. The van der Waals surface area contributed by atoms with Crippen molar-refractivity contribution in [1.29, 1.82) is 0 Å². The molecule has 0 aliphatic carbocycles. The number of hydrazine groups is 1. The Morgan fingerprint density at radius 3 is 2.73 bits per heavy atom. The number of hydrogen-bond donors (Lipinski definition) is 3. The molecule has 1 saturated heterocycles. The average molecular weight is 339 g/mol. The van der Waals surface area contributed by atoms with Gasteiger partial charge in [-0.3, -0.25) is 10.4 Å². The van der Waals surface area contributed by atoms with Gasteiger partial charge in [-0.05, 0) is 42.8 Å². The van der Waals surface area contributed by atoms with E-state index in [1.165, 1.54) is 5.56 Å². The second-order valence-corrected chi connectivity index (χ2v) is 5.96. The van der Waals surface area contributed by atoms with Crippen LogP contribution in [0.2, 0.25) is 0 Å². The van der Waals surface area contributed by atoms with E-state index in [0.717, 1.165) is 26.0 Å². The van der Waals surface area contributed by atoms with Crippen LogP contribution >= 0.6 is 24.4 Å². The predicted octanol–water partition coefficient (Wildman–Crippen LogP) is 1.55. The van der Waals surface area contributed by atoms with Gasteiger partial charge in [-0.15, -0.1) is 0 Å². The van der Waals surface area contributed by atoms with Gasteiger partial charge in [-0.25, -0.2) is 0 Å². The quantitative estimate of drug-likeness (QED) is 0.569. The molecule has 2 rings (SSSR count). The Bertz CT molecular complexity index is 492. The van der Waals surface area contributed by atoms with E-state index in [-0.39, 0.29) is 6.10 Å². The highest BCUT2D eigenvalue weighted by atomic mass is 32.1. The van der Waals surface area contributed by atoms with Crippen LogP contribution in [0.5, 0.6) is 0 Å². The highest BCUT2D eigenvalue weighted by molar-refractivity contribution is 7.80. The Balaban J connectivity index is 1.65. The van der Waals surface area contributed by atoms with Crippen LogP contribution < -0.4 is 16.1 Å². The number of benzene rings is 1. The highest BCUT2D eigenvalue weighted by Crippen LogP contribution is 2.10. The Morgan fingerprint density at radius 1 is 1.27 bits per heavy atom. The van der Waals surface area contributed by atoms with Gasteiger partial charge < -0.3 is 15.4 Å². The second-order valence-electron chi connectivity index (χ2n) is 5.16. The van der Waals surface area contributed by atoms with E-state index in [9.17, 15) is 0 Å². The number of nitrogens with one attached hydrogen (secondary N) is 3. The summed E-state index contributed by atoms with van der Waals surface area (Å²) in [7, 11) is 1.83. The highest BCUT2D eigenvalue weighted by Gasteiger charge is 2.15. The molecule has 22 heavy (non-hydrogen) atoms. The SMILES string of the molecule is CN(NC(=S)NC[C@@H]1CCCO1)C(=S)NCc1ccccc1. The van der Waals surface area contributed by atoms with Crippen molar-refractivity contribution in [2.24, 2.45) is 0 Å². The molecule has 1 aromatic rings. The first-order valence-corrected chi connectivity index (χ1v) is 8.18. The van der Waals surface area contributed by atoms with Crippen LogP contribution in [0.4, 0.5) is 0 Å². The van der Waals surface area contributed by atoms with E-state index in [0.29, 0.717) is 16.8 Å². The number of hydrogen-bond acceptors (Lipinski definition) is 3. The number of thiocarbonyl (C=S) groups is 2. The summed E-state index contributed by atoms with van der Waals surface area (Å²) < 4.78 is 5.54. The number of ether oxygens (including phenoxy) is 1. The van der Waals surface area contributed by atoms with E-state index in [1.54, 1.807) is 5.01 Å². The molecule has 0 unspecified atom stereocenters. The maximum Gasteiger partial charge on any atom is 0.187 e. The minimum atomic E-state index is 0.258. The lowest BCUT2D eigenvalue weighted by molar-refractivity contribution is 0.113. The maximum absolute atomic E-state index is 5.54. The normalized spacial score (nSPS) is 16.9. The molecule has 0 amide bonds. The molecular formula is C15H22N4OS2. The van der Waals surface area contributed by atoms with Crippen molar-refractivity contribution in [2.75, 3.05) is 20.2 Å². The predicted molar refractivity (Wildman–Crippen MR) is 96.4 cm³/mol. The molecule has 1 atom stereocenters. The molecule has 120 valence electrons. The van der Waals surface area contributed by atoms with E-state index in [1.807, 2.05) is 25.2 Å². The molecule has 0 radical (unpaired) electrons. The van der Waals surface area contributed by atoms with Gasteiger partial charge in [0.1, 0.15) is 0 Å². The summed E-state index contributed by atoms with van der Waals surface area (Å²) in [4.78, 5) is 0. The Morgan fingerprint density at radius 2 is 2.05 bits per heavy atom. The van der Waals surface area contributed by atoms with E-state index in [2.05, 4.69) is 28.2 Å². The van der Waals surface area contributed by atoms with E-state index < -0.39 is 0 Å². The smallest absolute Gasteiger partial charge is 0.187 e. The molecule has 5 nitrogen and oxygen atoms in total. The molecular weight excluding hydrogens is 316 g/mol. The molecule has 1 aliphatic rings. The molecule has 3 N–H and O–H groups in total. The minimum absolute atomic E-state index is 0.258. The van der Waals surface area contributed by atoms with Crippen molar-refractivity contribution in [3.05, 3.63) is 35.9 Å². The lowest BCUT2D eigenvalue weighted by Gasteiger charge is -2.24.